The van der Waals surface area contributed by atoms with Gasteiger partial charge in [-0.2, -0.15) is 0 Å². The van der Waals surface area contributed by atoms with E-state index in [-0.39, 0.29) is 11.5 Å². The number of carbonyl (C=O) groups excluding carboxylic acids is 1. The number of rotatable bonds is 3. The van der Waals surface area contributed by atoms with Gasteiger partial charge >= 0.3 is 0 Å². The molecular weight excluding hydrogens is 347 g/mol. The normalized spacial score (nSPS) is 22.4. The van der Waals surface area contributed by atoms with Crippen molar-refractivity contribution in [3.8, 4) is 11.5 Å². The molecule has 6 heteroatoms. The quantitative estimate of drug-likeness (QED) is 0.853. The third-order valence-electron chi connectivity index (χ3n) is 5.03. The van der Waals surface area contributed by atoms with Gasteiger partial charge in [-0.15, -0.1) is 0 Å². The second-order valence-corrected chi connectivity index (χ2v) is 7.97. The molecule has 1 atom stereocenters. The predicted molar refractivity (Wildman–Crippen MR) is 102 cm³/mol. The highest BCUT2D eigenvalue weighted by Gasteiger charge is 2.40. The Balaban J connectivity index is 1.48. The number of hydrogen-bond donors (Lipinski definition) is 2. The van der Waals surface area contributed by atoms with E-state index < -0.39 is 11.4 Å². The molecule has 2 aromatic carbocycles. The van der Waals surface area contributed by atoms with Crippen LogP contribution < -0.4 is 20.1 Å². The van der Waals surface area contributed by atoms with E-state index in [1.807, 2.05) is 26.0 Å². The fraction of sp³-hybridized carbons (Fsp3) is 0.381. The van der Waals surface area contributed by atoms with E-state index in [1.165, 1.54) is 12.1 Å². The average molecular weight is 370 g/mol. The first-order valence-electron chi connectivity index (χ1n) is 9.10. The molecule has 2 heterocycles. The summed E-state index contributed by atoms with van der Waals surface area (Å²) in [4.78, 5) is 12.5. The fourth-order valence-corrected chi connectivity index (χ4v) is 3.38. The molecule has 2 aromatic rings. The Bertz CT molecular complexity index is 912. The lowest BCUT2D eigenvalue weighted by molar-refractivity contribution is -0.131. The molecule has 0 spiro atoms. The van der Waals surface area contributed by atoms with Gasteiger partial charge < -0.3 is 20.1 Å². The van der Waals surface area contributed by atoms with Gasteiger partial charge in [0.05, 0.1) is 17.9 Å². The number of ether oxygens (including phenoxy) is 2. The maximum Gasteiger partial charge on any atom is 0.268 e. The van der Waals surface area contributed by atoms with Crippen LogP contribution in [0.5, 0.6) is 11.5 Å². The smallest absolute Gasteiger partial charge is 0.268 e. The number of fused-ring (bicyclic) bond motifs is 2. The van der Waals surface area contributed by atoms with Gasteiger partial charge in [-0.05, 0) is 57.0 Å². The Hall–Kier alpha value is -2.76. The van der Waals surface area contributed by atoms with Crippen LogP contribution in [0.3, 0.4) is 0 Å². The van der Waals surface area contributed by atoms with Gasteiger partial charge in [0, 0.05) is 12.5 Å². The molecule has 0 aliphatic carbocycles. The van der Waals surface area contributed by atoms with Gasteiger partial charge in [0.15, 0.2) is 5.60 Å². The second kappa shape index (κ2) is 6.15. The Morgan fingerprint density at radius 1 is 1.04 bits per heavy atom. The van der Waals surface area contributed by atoms with E-state index in [0.29, 0.717) is 24.3 Å². The largest absolute Gasteiger partial charge is 0.484 e. The Morgan fingerprint density at radius 2 is 1.78 bits per heavy atom. The van der Waals surface area contributed by atoms with Crippen molar-refractivity contribution in [2.24, 2.45) is 0 Å². The van der Waals surface area contributed by atoms with E-state index in [0.717, 1.165) is 23.5 Å². The van der Waals surface area contributed by atoms with Crippen molar-refractivity contribution < 1.29 is 18.7 Å². The fourth-order valence-electron chi connectivity index (χ4n) is 3.38. The van der Waals surface area contributed by atoms with Gasteiger partial charge in [0.2, 0.25) is 0 Å². The lowest BCUT2D eigenvalue weighted by atomic mass is 9.93. The van der Waals surface area contributed by atoms with Gasteiger partial charge in [0.25, 0.3) is 5.91 Å². The van der Waals surface area contributed by atoms with Crippen molar-refractivity contribution in [2.45, 2.75) is 44.8 Å². The molecule has 1 amide bonds. The number of benzene rings is 2. The first-order chi connectivity index (χ1) is 12.7. The van der Waals surface area contributed by atoms with Crippen molar-refractivity contribution >= 4 is 17.3 Å². The molecule has 2 aliphatic heterocycles. The molecule has 0 fully saturated rings. The zero-order valence-electron chi connectivity index (χ0n) is 15.7. The lowest BCUT2D eigenvalue weighted by Gasteiger charge is -2.35. The minimum atomic E-state index is -1.01. The number of anilines is 2. The Kier molecular flexibility index (Phi) is 4.02. The summed E-state index contributed by atoms with van der Waals surface area (Å²) < 4.78 is 25.2. The molecule has 2 aliphatic rings. The summed E-state index contributed by atoms with van der Waals surface area (Å²) in [6.07, 6.45) is 1.17. The zero-order chi connectivity index (χ0) is 19.2. The summed E-state index contributed by atoms with van der Waals surface area (Å²) in [6, 6.07) is 10.2. The SMILES string of the molecule is CC1(C)CNc2cc(CCC3(C)Oc4ccc(F)cc4NC3=O)ccc2O1. The molecule has 2 N–H and O–H groups in total. The summed E-state index contributed by atoms with van der Waals surface area (Å²) in [5, 5.41) is 6.15. The van der Waals surface area contributed by atoms with Crippen molar-refractivity contribution in [1.29, 1.82) is 0 Å². The maximum absolute atomic E-state index is 13.3. The van der Waals surface area contributed by atoms with Crippen LogP contribution in [-0.2, 0) is 11.2 Å². The van der Waals surface area contributed by atoms with E-state index in [1.54, 1.807) is 13.0 Å². The van der Waals surface area contributed by atoms with Crippen LogP contribution in [-0.4, -0.2) is 23.7 Å². The third-order valence-corrected chi connectivity index (χ3v) is 5.03. The van der Waals surface area contributed by atoms with Crippen LogP contribution in [0.2, 0.25) is 0 Å². The summed E-state index contributed by atoms with van der Waals surface area (Å²) in [7, 11) is 0. The number of nitrogens with one attached hydrogen (secondary N) is 2. The van der Waals surface area contributed by atoms with Gasteiger partial charge in [-0.1, -0.05) is 6.07 Å². The van der Waals surface area contributed by atoms with Crippen LogP contribution >= 0.6 is 0 Å². The number of amides is 1. The van der Waals surface area contributed by atoms with Crippen molar-refractivity contribution in [3.05, 3.63) is 47.8 Å². The van der Waals surface area contributed by atoms with Crippen molar-refractivity contribution in [2.75, 3.05) is 17.2 Å². The highest BCUT2D eigenvalue weighted by molar-refractivity contribution is 6.00. The molecule has 1 unspecified atom stereocenters. The number of hydrogen-bond acceptors (Lipinski definition) is 4. The highest BCUT2D eigenvalue weighted by atomic mass is 19.1. The van der Waals surface area contributed by atoms with Gasteiger partial charge in [0.1, 0.15) is 22.9 Å². The molecule has 0 bridgehead atoms. The van der Waals surface area contributed by atoms with E-state index in [9.17, 15) is 9.18 Å². The third kappa shape index (κ3) is 3.44. The number of carbonyl (C=O) groups is 1. The zero-order valence-corrected chi connectivity index (χ0v) is 15.7. The maximum atomic E-state index is 13.3. The highest BCUT2D eigenvalue weighted by Crippen LogP contribution is 2.37. The van der Waals surface area contributed by atoms with Crippen LogP contribution in [0.1, 0.15) is 32.8 Å². The van der Waals surface area contributed by atoms with Crippen LogP contribution in [0.25, 0.3) is 0 Å². The Labute approximate surface area is 157 Å². The van der Waals surface area contributed by atoms with Crippen LogP contribution in [0, 0.1) is 5.82 Å². The Morgan fingerprint density at radius 3 is 2.59 bits per heavy atom. The summed E-state index contributed by atoms with van der Waals surface area (Å²) in [5.41, 5.74) is 1.18. The first-order valence-corrected chi connectivity index (χ1v) is 9.10. The molecule has 0 saturated carbocycles. The van der Waals surface area contributed by atoms with Crippen molar-refractivity contribution in [1.82, 2.24) is 0 Å². The molecule has 5 nitrogen and oxygen atoms in total. The van der Waals surface area contributed by atoms with Crippen LogP contribution in [0.4, 0.5) is 15.8 Å². The monoisotopic (exact) mass is 370 g/mol. The van der Waals surface area contributed by atoms with E-state index >= 15 is 0 Å². The molecular formula is C21H23FN2O3. The summed E-state index contributed by atoms with van der Waals surface area (Å²) in [6.45, 7) is 6.58. The molecule has 142 valence electrons. The minimum absolute atomic E-state index is 0.233. The standard InChI is InChI=1S/C21H23FN2O3/c1-20(2)12-23-15-10-13(4-6-17(15)26-20)8-9-21(3)19(25)24-16-11-14(22)5-7-18(16)27-21/h4-7,10-11,23H,8-9,12H2,1-3H3,(H,24,25). The number of halogens is 1. The molecule has 0 radical (unpaired) electrons. The molecule has 0 saturated heterocycles. The summed E-state index contributed by atoms with van der Waals surface area (Å²) >= 11 is 0. The minimum Gasteiger partial charge on any atom is -0.484 e. The molecule has 4 rings (SSSR count). The second-order valence-electron chi connectivity index (χ2n) is 7.97. The predicted octanol–water partition coefficient (Wildman–Crippen LogP) is 4.13. The molecule has 27 heavy (non-hydrogen) atoms. The van der Waals surface area contributed by atoms with E-state index in [4.69, 9.17) is 9.47 Å². The topological polar surface area (TPSA) is 59.6 Å². The van der Waals surface area contributed by atoms with Gasteiger partial charge in [-0.25, -0.2) is 4.39 Å². The number of aryl methyl sites for hydroxylation is 1. The lowest BCUT2D eigenvalue weighted by Crippen LogP contribution is -2.48. The van der Waals surface area contributed by atoms with E-state index in [2.05, 4.69) is 16.7 Å². The van der Waals surface area contributed by atoms with Crippen molar-refractivity contribution in [3.63, 3.8) is 0 Å². The first kappa shape index (κ1) is 17.6. The molecule has 0 aromatic heterocycles. The van der Waals surface area contributed by atoms with Crippen LogP contribution in [0.15, 0.2) is 36.4 Å². The van der Waals surface area contributed by atoms with Gasteiger partial charge in [-0.3, -0.25) is 4.79 Å². The summed E-state index contributed by atoms with van der Waals surface area (Å²) in [5.74, 6) is 0.653. The average Bonchev–Trinajstić information content (AvgIpc) is 2.61.